The maximum atomic E-state index is 13.6. The second-order valence-corrected chi connectivity index (χ2v) is 11.1. The van der Waals surface area contributed by atoms with Crippen LogP contribution in [0.2, 0.25) is 0 Å². The van der Waals surface area contributed by atoms with E-state index in [-0.39, 0.29) is 26.1 Å². The van der Waals surface area contributed by atoms with Crippen molar-refractivity contribution in [2.24, 2.45) is 5.92 Å². The number of alkyl carbamates (subject to hydrolysis) is 1. The first-order valence-electron chi connectivity index (χ1n) is 15.4. The molecule has 0 unspecified atom stereocenters. The van der Waals surface area contributed by atoms with E-state index in [0.29, 0.717) is 11.3 Å². The largest absolute Gasteiger partial charge is 0.481 e. The minimum Gasteiger partial charge on any atom is -0.481 e. The van der Waals surface area contributed by atoms with Crippen molar-refractivity contribution in [3.8, 4) is 0 Å². The Labute approximate surface area is 282 Å². The zero-order valence-corrected chi connectivity index (χ0v) is 27.3. The van der Waals surface area contributed by atoms with E-state index in [9.17, 15) is 43.8 Å². The molecule has 49 heavy (non-hydrogen) atoms. The lowest BCUT2D eigenvalue weighted by molar-refractivity contribution is -0.139. The molecule has 17 heteroatoms. The molecule has 0 saturated heterocycles. The van der Waals surface area contributed by atoms with Crippen molar-refractivity contribution in [3.63, 3.8) is 0 Å². The van der Waals surface area contributed by atoms with Crippen LogP contribution in [-0.4, -0.2) is 92.7 Å². The van der Waals surface area contributed by atoms with Gasteiger partial charge in [0.15, 0.2) is 0 Å². The third-order valence-corrected chi connectivity index (χ3v) is 6.80. The van der Waals surface area contributed by atoms with Gasteiger partial charge in [0, 0.05) is 30.8 Å². The monoisotopic (exact) mass is 686 g/mol. The van der Waals surface area contributed by atoms with E-state index in [1.807, 2.05) is 0 Å². The molecule has 2 aromatic rings. The van der Waals surface area contributed by atoms with Gasteiger partial charge < -0.3 is 45.9 Å². The Bertz CT molecular complexity index is 1450. The molecular weight excluding hydrogens is 644 g/mol. The van der Waals surface area contributed by atoms with Crippen molar-refractivity contribution in [3.05, 3.63) is 66.3 Å². The zero-order chi connectivity index (χ0) is 36.3. The Morgan fingerprint density at radius 3 is 2.14 bits per heavy atom. The van der Waals surface area contributed by atoms with Crippen molar-refractivity contribution < 1.29 is 53.2 Å². The van der Waals surface area contributed by atoms with Crippen LogP contribution in [0.25, 0.3) is 0 Å². The van der Waals surface area contributed by atoms with Gasteiger partial charge in [0.1, 0.15) is 24.7 Å². The molecule has 1 heterocycles. The normalized spacial score (nSPS) is 13.4. The molecule has 266 valence electrons. The number of esters is 1. The summed E-state index contributed by atoms with van der Waals surface area (Å²) in [7, 11) is 0. The van der Waals surface area contributed by atoms with Crippen LogP contribution < -0.4 is 21.3 Å². The van der Waals surface area contributed by atoms with E-state index >= 15 is 0 Å². The number of aromatic amines is 1. The first kappa shape index (κ1) is 39.4. The van der Waals surface area contributed by atoms with E-state index in [2.05, 4.69) is 31.2 Å². The summed E-state index contributed by atoms with van der Waals surface area (Å²) < 4.78 is 10.0. The number of carbonyl (C=O) groups is 7. The third kappa shape index (κ3) is 15.1. The fourth-order valence-electron chi connectivity index (χ4n) is 4.35. The van der Waals surface area contributed by atoms with Crippen molar-refractivity contribution >= 4 is 41.7 Å². The number of rotatable bonds is 20. The van der Waals surface area contributed by atoms with Crippen molar-refractivity contribution in [2.75, 3.05) is 6.61 Å². The highest BCUT2D eigenvalue weighted by Crippen LogP contribution is 2.09. The number of carbonyl (C=O) groups excluding carboxylic acids is 5. The van der Waals surface area contributed by atoms with Crippen molar-refractivity contribution in [1.82, 2.24) is 31.2 Å². The summed E-state index contributed by atoms with van der Waals surface area (Å²) >= 11 is 0. The number of carboxylic acids is 2. The maximum Gasteiger partial charge on any atom is 0.408 e. The van der Waals surface area contributed by atoms with Gasteiger partial charge in [-0.2, -0.15) is 0 Å². The maximum absolute atomic E-state index is 13.6. The highest BCUT2D eigenvalue weighted by molar-refractivity contribution is 5.94. The van der Waals surface area contributed by atoms with Crippen LogP contribution in [-0.2, 0) is 51.3 Å². The zero-order valence-electron chi connectivity index (χ0n) is 27.3. The topological polar surface area (TPSA) is 255 Å². The van der Waals surface area contributed by atoms with Crippen LogP contribution in [0.3, 0.4) is 0 Å². The first-order chi connectivity index (χ1) is 23.3. The standard InChI is InChI=1S/C32H42N6O11/c1-4-48-27(43)13-10-21(15-26(41)42)35-30(45)24(14-22-16-33-18-34-22)37-29(44)23(11-12-25(39)40)36-31(46)28(19(2)3)38-32(47)49-17-20-8-6-5-7-9-20/h5-10,13,16,18-19,21,23-24,28H,4,11-12,14-15,17H2,1-3H3,(H,33,34)(H,35,45)(H,36,46)(H,37,44)(H,38,47)(H,39,40)(H,41,42)/b13-10+/t21-,23+,24+,28+/m1/s1. The van der Waals surface area contributed by atoms with Crippen LogP contribution in [0.5, 0.6) is 0 Å². The summed E-state index contributed by atoms with van der Waals surface area (Å²) in [5, 5.41) is 28.5. The van der Waals surface area contributed by atoms with E-state index in [1.165, 1.54) is 12.5 Å². The van der Waals surface area contributed by atoms with Gasteiger partial charge in [0.05, 0.1) is 25.4 Å². The Morgan fingerprint density at radius 1 is 0.878 bits per heavy atom. The molecule has 7 N–H and O–H groups in total. The Morgan fingerprint density at radius 2 is 1.55 bits per heavy atom. The molecule has 4 atom stereocenters. The molecule has 0 aliphatic carbocycles. The summed E-state index contributed by atoms with van der Waals surface area (Å²) in [6, 6.07) is 3.62. The molecule has 1 aromatic heterocycles. The second-order valence-electron chi connectivity index (χ2n) is 11.1. The number of benzene rings is 1. The molecule has 0 radical (unpaired) electrons. The number of amides is 4. The second kappa shape index (κ2) is 20.5. The fraction of sp³-hybridized carbons (Fsp3) is 0.438. The van der Waals surface area contributed by atoms with Crippen molar-refractivity contribution in [1.29, 1.82) is 0 Å². The lowest BCUT2D eigenvalue weighted by Crippen LogP contribution is -2.58. The van der Waals surface area contributed by atoms with Gasteiger partial charge >= 0.3 is 24.0 Å². The molecule has 0 aliphatic heterocycles. The van der Waals surface area contributed by atoms with Gasteiger partial charge in [-0.05, 0) is 24.8 Å². The Kier molecular flexibility index (Phi) is 16.5. The molecule has 0 aliphatic rings. The molecular formula is C32H42N6O11. The van der Waals surface area contributed by atoms with Crippen molar-refractivity contribution in [2.45, 2.75) is 77.2 Å². The first-order valence-corrected chi connectivity index (χ1v) is 15.4. The lowest BCUT2D eigenvalue weighted by Gasteiger charge is -2.27. The minimum absolute atomic E-state index is 0.0610. The van der Waals surface area contributed by atoms with E-state index in [1.54, 1.807) is 51.1 Å². The molecule has 0 spiro atoms. The number of nitrogens with zero attached hydrogens (tertiary/aromatic N) is 1. The summed E-state index contributed by atoms with van der Waals surface area (Å²) in [4.78, 5) is 94.2. The molecule has 0 bridgehead atoms. The van der Waals surface area contributed by atoms with Gasteiger partial charge in [0.2, 0.25) is 17.7 Å². The highest BCUT2D eigenvalue weighted by atomic mass is 16.5. The third-order valence-electron chi connectivity index (χ3n) is 6.80. The fourth-order valence-corrected chi connectivity index (χ4v) is 4.35. The molecule has 4 amide bonds. The Hall–Kier alpha value is -5.74. The van der Waals surface area contributed by atoms with Crippen LogP contribution in [0, 0.1) is 5.92 Å². The predicted octanol–water partition coefficient (Wildman–Crippen LogP) is 0.816. The van der Waals surface area contributed by atoms with Gasteiger partial charge in [-0.3, -0.25) is 24.0 Å². The Balaban J connectivity index is 2.24. The van der Waals surface area contributed by atoms with Crippen LogP contribution in [0.1, 0.15) is 51.3 Å². The molecule has 17 nitrogen and oxygen atoms in total. The quantitative estimate of drug-likeness (QED) is 0.0755. The van der Waals surface area contributed by atoms with E-state index in [0.717, 1.165) is 12.2 Å². The number of imidazole rings is 1. The average molecular weight is 687 g/mol. The highest BCUT2D eigenvalue weighted by Gasteiger charge is 2.32. The SMILES string of the molecule is CCOC(=O)/C=C/[C@H](CC(=O)O)NC(=O)[C@H](Cc1cnc[nH]1)NC(=O)[C@H](CCC(=O)O)NC(=O)[C@@H](NC(=O)OCc1ccccc1)C(C)C. The number of nitrogens with one attached hydrogen (secondary N) is 5. The number of hydrogen-bond donors (Lipinski definition) is 7. The van der Waals surface area contributed by atoms with Crippen LogP contribution in [0.15, 0.2) is 55.0 Å². The average Bonchev–Trinajstić information content (AvgIpc) is 3.56. The molecule has 1 aromatic carbocycles. The summed E-state index contributed by atoms with van der Waals surface area (Å²) in [6.07, 6.45) is 2.25. The number of carboxylic acid groups (broad SMARTS) is 2. The molecule has 0 fully saturated rings. The van der Waals surface area contributed by atoms with Gasteiger partial charge in [-0.15, -0.1) is 0 Å². The van der Waals surface area contributed by atoms with Gasteiger partial charge in [-0.25, -0.2) is 14.6 Å². The van der Waals surface area contributed by atoms with E-state index < -0.39 is 84.6 Å². The van der Waals surface area contributed by atoms with E-state index in [4.69, 9.17) is 9.47 Å². The molecule has 0 saturated carbocycles. The number of hydrogen-bond acceptors (Lipinski definition) is 10. The summed E-state index contributed by atoms with van der Waals surface area (Å²) in [5.41, 5.74) is 1.12. The van der Waals surface area contributed by atoms with Gasteiger partial charge in [-0.1, -0.05) is 50.3 Å². The lowest BCUT2D eigenvalue weighted by atomic mass is 10.0. The van der Waals surface area contributed by atoms with Gasteiger partial charge in [0.25, 0.3) is 0 Å². The van der Waals surface area contributed by atoms with Crippen LogP contribution >= 0.6 is 0 Å². The number of ether oxygens (including phenoxy) is 2. The number of aliphatic carboxylic acids is 2. The van der Waals surface area contributed by atoms with Crippen LogP contribution in [0.4, 0.5) is 4.79 Å². The number of aromatic nitrogens is 2. The predicted molar refractivity (Wildman–Crippen MR) is 171 cm³/mol. The number of H-pyrrole nitrogens is 1. The molecule has 2 rings (SSSR count). The minimum atomic E-state index is -1.47. The smallest absolute Gasteiger partial charge is 0.408 e. The summed E-state index contributed by atoms with van der Waals surface area (Å²) in [5.74, 6) is -6.38. The summed E-state index contributed by atoms with van der Waals surface area (Å²) in [6.45, 7) is 4.88.